The topological polar surface area (TPSA) is 76.6 Å². The van der Waals surface area contributed by atoms with Crippen LogP contribution >= 0.6 is 0 Å². The summed E-state index contributed by atoms with van der Waals surface area (Å²) < 4.78 is 10.9. The van der Waals surface area contributed by atoms with E-state index in [9.17, 15) is 4.79 Å². The van der Waals surface area contributed by atoms with Crippen LogP contribution in [0.15, 0.2) is 36.8 Å². The second kappa shape index (κ2) is 7.39. The van der Waals surface area contributed by atoms with Crippen molar-refractivity contribution in [1.29, 1.82) is 0 Å². The van der Waals surface area contributed by atoms with Gasteiger partial charge in [0.05, 0.1) is 25.4 Å². The van der Waals surface area contributed by atoms with Crippen LogP contribution in [0.25, 0.3) is 0 Å². The molecule has 2 atom stereocenters. The van der Waals surface area contributed by atoms with Gasteiger partial charge in [-0.1, -0.05) is 6.07 Å². The molecule has 1 fully saturated rings. The highest BCUT2D eigenvalue weighted by Gasteiger charge is 2.33. The minimum Gasteiger partial charge on any atom is -0.380 e. The Hall–Kier alpha value is -2.51. The van der Waals surface area contributed by atoms with Gasteiger partial charge in [-0.2, -0.15) is 0 Å². The quantitative estimate of drug-likeness (QED) is 0.878. The fraction of sp³-hybridized carbons (Fsp3) is 0.421. The Bertz CT molecular complexity index is 784. The highest BCUT2D eigenvalue weighted by molar-refractivity contribution is 5.94. The standard InChI is InChI=1S/C19H22N4O3/c1-25-17-7-16(23(9-17)18-4-5-20-12-22-18)8-21-19(24)13-2-3-14-10-26-11-15(14)6-13/h2-6,12,16-17H,7-11H2,1H3,(H,21,24)/t16-,17-/m1/s1. The van der Waals surface area contributed by atoms with Gasteiger partial charge >= 0.3 is 0 Å². The molecule has 0 unspecified atom stereocenters. The number of fused-ring (bicyclic) bond motifs is 1. The molecule has 0 radical (unpaired) electrons. The number of nitrogens with one attached hydrogen (secondary N) is 1. The van der Waals surface area contributed by atoms with Crippen molar-refractivity contribution in [3.05, 3.63) is 53.5 Å². The normalized spacial score (nSPS) is 21.7. The number of hydrogen-bond donors (Lipinski definition) is 1. The summed E-state index contributed by atoms with van der Waals surface area (Å²) in [6.45, 7) is 2.50. The lowest BCUT2D eigenvalue weighted by Gasteiger charge is -2.25. The average Bonchev–Trinajstić information content (AvgIpc) is 3.32. The van der Waals surface area contributed by atoms with Gasteiger partial charge in [-0.3, -0.25) is 4.79 Å². The molecule has 0 saturated carbocycles. The summed E-state index contributed by atoms with van der Waals surface area (Å²) in [6.07, 6.45) is 4.24. The Morgan fingerprint density at radius 2 is 2.23 bits per heavy atom. The minimum absolute atomic E-state index is 0.0665. The third-order valence-corrected chi connectivity index (χ3v) is 5.05. The van der Waals surface area contributed by atoms with Crippen LogP contribution in [0.2, 0.25) is 0 Å². The number of rotatable bonds is 5. The van der Waals surface area contributed by atoms with Crippen molar-refractivity contribution in [2.75, 3.05) is 25.1 Å². The van der Waals surface area contributed by atoms with E-state index in [-0.39, 0.29) is 18.1 Å². The van der Waals surface area contributed by atoms with E-state index in [1.807, 2.05) is 24.3 Å². The highest BCUT2D eigenvalue weighted by Crippen LogP contribution is 2.25. The second-order valence-electron chi connectivity index (χ2n) is 6.65. The molecule has 1 aromatic heterocycles. The maximum Gasteiger partial charge on any atom is 0.251 e. The third kappa shape index (κ3) is 3.40. The second-order valence-corrected chi connectivity index (χ2v) is 6.65. The summed E-state index contributed by atoms with van der Waals surface area (Å²) in [5, 5.41) is 3.06. The van der Waals surface area contributed by atoms with Crippen molar-refractivity contribution in [2.45, 2.75) is 31.8 Å². The first kappa shape index (κ1) is 16.9. The molecule has 0 aliphatic carbocycles. The van der Waals surface area contributed by atoms with Crippen molar-refractivity contribution >= 4 is 11.7 Å². The highest BCUT2D eigenvalue weighted by atomic mass is 16.5. The largest absolute Gasteiger partial charge is 0.380 e. The molecule has 2 aromatic rings. The number of aromatic nitrogens is 2. The SMILES string of the molecule is CO[C@@H]1C[C@H](CNC(=O)c2ccc3c(c2)COC3)N(c2ccncn2)C1. The number of methoxy groups -OCH3 is 1. The van der Waals surface area contributed by atoms with Crippen molar-refractivity contribution in [1.82, 2.24) is 15.3 Å². The number of amides is 1. The molecule has 1 saturated heterocycles. The molecular weight excluding hydrogens is 332 g/mol. The number of benzene rings is 1. The predicted molar refractivity (Wildman–Crippen MR) is 95.8 cm³/mol. The van der Waals surface area contributed by atoms with E-state index in [4.69, 9.17) is 9.47 Å². The number of carbonyl (C=O) groups is 1. The van der Waals surface area contributed by atoms with Crippen LogP contribution in [0.3, 0.4) is 0 Å². The van der Waals surface area contributed by atoms with Gasteiger partial charge in [0.2, 0.25) is 0 Å². The first-order chi connectivity index (χ1) is 12.7. The molecule has 2 aliphatic rings. The Balaban J connectivity index is 1.43. The van der Waals surface area contributed by atoms with Crippen LogP contribution in [-0.4, -0.2) is 48.2 Å². The fourth-order valence-electron chi connectivity index (χ4n) is 3.60. The summed E-state index contributed by atoms with van der Waals surface area (Å²) >= 11 is 0. The van der Waals surface area contributed by atoms with Crippen molar-refractivity contribution in [2.24, 2.45) is 0 Å². The van der Waals surface area contributed by atoms with Crippen molar-refractivity contribution < 1.29 is 14.3 Å². The zero-order valence-corrected chi connectivity index (χ0v) is 14.7. The van der Waals surface area contributed by atoms with E-state index in [2.05, 4.69) is 20.2 Å². The molecule has 7 heteroatoms. The molecule has 2 aliphatic heterocycles. The molecule has 1 N–H and O–H groups in total. The first-order valence-electron chi connectivity index (χ1n) is 8.78. The lowest BCUT2D eigenvalue weighted by Crippen LogP contribution is -2.40. The zero-order valence-electron chi connectivity index (χ0n) is 14.7. The van der Waals surface area contributed by atoms with E-state index in [0.717, 1.165) is 29.9 Å². The van der Waals surface area contributed by atoms with Crippen LogP contribution in [0.5, 0.6) is 0 Å². The lowest BCUT2D eigenvalue weighted by atomic mass is 10.1. The summed E-state index contributed by atoms with van der Waals surface area (Å²) in [5.74, 6) is 0.789. The molecule has 0 bridgehead atoms. The number of hydrogen-bond acceptors (Lipinski definition) is 6. The van der Waals surface area contributed by atoms with Gasteiger partial charge in [-0.05, 0) is 35.7 Å². The number of anilines is 1. The summed E-state index contributed by atoms with van der Waals surface area (Å²) in [6, 6.07) is 7.77. The Labute approximate surface area is 152 Å². The Morgan fingerprint density at radius 3 is 3.04 bits per heavy atom. The maximum absolute atomic E-state index is 12.6. The Morgan fingerprint density at radius 1 is 1.35 bits per heavy atom. The summed E-state index contributed by atoms with van der Waals surface area (Å²) in [5.41, 5.74) is 2.93. The van der Waals surface area contributed by atoms with E-state index in [1.165, 1.54) is 6.33 Å². The van der Waals surface area contributed by atoms with Gasteiger partial charge < -0.3 is 19.7 Å². The average molecular weight is 354 g/mol. The smallest absolute Gasteiger partial charge is 0.251 e. The predicted octanol–water partition coefficient (Wildman–Crippen LogP) is 1.53. The molecule has 7 nitrogen and oxygen atoms in total. The van der Waals surface area contributed by atoms with E-state index < -0.39 is 0 Å². The third-order valence-electron chi connectivity index (χ3n) is 5.05. The van der Waals surface area contributed by atoms with Crippen LogP contribution < -0.4 is 10.2 Å². The van der Waals surface area contributed by atoms with Gasteiger partial charge in [-0.25, -0.2) is 9.97 Å². The maximum atomic E-state index is 12.6. The van der Waals surface area contributed by atoms with Gasteiger partial charge in [-0.15, -0.1) is 0 Å². The Kier molecular flexibility index (Phi) is 4.81. The van der Waals surface area contributed by atoms with E-state index in [0.29, 0.717) is 25.3 Å². The van der Waals surface area contributed by atoms with Crippen LogP contribution in [0, 0.1) is 0 Å². The molecular formula is C19H22N4O3. The molecule has 0 spiro atoms. The van der Waals surface area contributed by atoms with Gasteiger partial charge in [0.15, 0.2) is 0 Å². The van der Waals surface area contributed by atoms with Crippen molar-refractivity contribution in [3.63, 3.8) is 0 Å². The summed E-state index contributed by atoms with van der Waals surface area (Å²) in [7, 11) is 1.72. The van der Waals surface area contributed by atoms with Crippen LogP contribution in [0.1, 0.15) is 27.9 Å². The van der Waals surface area contributed by atoms with Crippen LogP contribution in [0.4, 0.5) is 5.82 Å². The molecule has 1 amide bonds. The van der Waals surface area contributed by atoms with E-state index in [1.54, 1.807) is 13.3 Å². The lowest BCUT2D eigenvalue weighted by molar-refractivity contribution is 0.0946. The molecule has 3 heterocycles. The number of carbonyl (C=O) groups excluding carboxylic acids is 1. The number of ether oxygens (including phenoxy) is 2. The molecule has 1 aromatic carbocycles. The minimum atomic E-state index is -0.0665. The monoisotopic (exact) mass is 354 g/mol. The summed E-state index contributed by atoms with van der Waals surface area (Å²) in [4.78, 5) is 23.1. The molecule has 26 heavy (non-hydrogen) atoms. The number of nitrogens with zero attached hydrogens (tertiary/aromatic N) is 3. The van der Waals surface area contributed by atoms with Gasteiger partial charge in [0.1, 0.15) is 12.1 Å². The van der Waals surface area contributed by atoms with Crippen molar-refractivity contribution in [3.8, 4) is 0 Å². The van der Waals surface area contributed by atoms with Gasteiger partial charge in [0.25, 0.3) is 5.91 Å². The van der Waals surface area contributed by atoms with E-state index >= 15 is 0 Å². The first-order valence-corrected chi connectivity index (χ1v) is 8.78. The molecule has 136 valence electrons. The van der Waals surface area contributed by atoms with Gasteiger partial charge in [0, 0.05) is 32.0 Å². The zero-order chi connectivity index (χ0) is 17.9. The fourth-order valence-corrected chi connectivity index (χ4v) is 3.60. The van der Waals surface area contributed by atoms with Crippen LogP contribution in [-0.2, 0) is 22.7 Å². The molecule has 4 rings (SSSR count).